The second kappa shape index (κ2) is 5.60. The molecule has 0 bridgehead atoms. The summed E-state index contributed by atoms with van der Waals surface area (Å²) in [6, 6.07) is 3.96. The number of aromatic nitrogens is 3. The van der Waals surface area contributed by atoms with E-state index in [1.807, 2.05) is 24.5 Å². The molecule has 0 unspecified atom stereocenters. The monoisotopic (exact) mass is 322 g/mol. The summed E-state index contributed by atoms with van der Waals surface area (Å²) >= 11 is 0. The van der Waals surface area contributed by atoms with Crippen LogP contribution in [0, 0.1) is 5.92 Å². The van der Waals surface area contributed by atoms with Crippen molar-refractivity contribution in [3.05, 3.63) is 42.0 Å². The Balaban J connectivity index is 1.49. The molecule has 4 heterocycles. The molecule has 0 N–H and O–H groups in total. The predicted molar refractivity (Wildman–Crippen MR) is 90.4 cm³/mol. The van der Waals surface area contributed by atoms with Gasteiger partial charge < -0.3 is 9.64 Å². The van der Waals surface area contributed by atoms with Crippen molar-refractivity contribution in [1.82, 2.24) is 19.9 Å². The van der Waals surface area contributed by atoms with E-state index in [0.29, 0.717) is 6.61 Å². The van der Waals surface area contributed by atoms with E-state index in [1.165, 1.54) is 25.1 Å². The molecule has 124 valence electrons. The van der Waals surface area contributed by atoms with Crippen LogP contribution in [0.3, 0.4) is 0 Å². The molecule has 5 rings (SSSR count). The maximum absolute atomic E-state index is 5.93. The second-order valence-electron chi connectivity index (χ2n) is 7.51. The Morgan fingerprint density at radius 3 is 3.08 bits per heavy atom. The molecule has 5 heteroatoms. The summed E-state index contributed by atoms with van der Waals surface area (Å²) in [6.45, 7) is 4.89. The van der Waals surface area contributed by atoms with E-state index in [9.17, 15) is 0 Å². The van der Waals surface area contributed by atoms with Crippen LogP contribution in [0.25, 0.3) is 11.4 Å². The number of pyridine rings is 1. The number of hydrogen-bond acceptors (Lipinski definition) is 5. The Morgan fingerprint density at radius 2 is 2.25 bits per heavy atom. The Morgan fingerprint density at radius 1 is 1.29 bits per heavy atom. The highest BCUT2D eigenvalue weighted by atomic mass is 16.5. The van der Waals surface area contributed by atoms with Gasteiger partial charge in [0.15, 0.2) is 5.82 Å². The van der Waals surface area contributed by atoms with Crippen LogP contribution in [0.15, 0.2) is 30.7 Å². The average molecular weight is 322 g/mol. The van der Waals surface area contributed by atoms with Gasteiger partial charge in [0.1, 0.15) is 0 Å². The maximum Gasteiger partial charge on any atom is 0.160 e. The molecular weight excluding hydrogens is 300 g/mol. The molecule has 24 heavy (non-hydrogen) atoms. The lowest BCUT2D eigenvalue weighted by atomic mass is 9.80. The number of likely N-dealkylation sites (tertiary alicyclic amines) is 1. The third-order valence-electron chi connectivity index (χ3n) is 5.57. The van der Waals surface area contributed by atoms with Crippen LogP contribution in [-0.4, -0.2) is 46.1 Å². The maximum atomic E-state index is 5.93. The fourth-order valence-corrected chi connectivity index (χ4v) is 4.12. The van der Waals surface area contributed by atoms with E-state index in [1.54, 1.807) is 6.20 Å². The minimum Gasteiger partial charge on any atom is -0.376 e. The van der Waals surface area contributed by atoms with Crippen molar-refractivity contribution in [3.63, 3.8) is 0 Å². The lowest BCUT2D eigenvalue weighted by Gasteiger charge is -2.34. The zero-order valence-corrected chi connectivity index (χ0v) is 13.8. The molecule has 1 aliphatic carbocycles. The Bertz CT molecular complexity index is 746. The van der Waals surface area contributed by atoms with Crippen molar-refractivity contribution in [2.45, 2.75) is 31.3 Å². The first-order chi connectivity index (χ1) is 11.8. The normalized spacial score (nSPS) is 26.7. The minimum absolute atomic E-state index is 0.0440. The molecule has 0 amide bonds. The van der Waals surface area contributed by atoms with E-state index in [4.69, 9.17) is 9.72 Å². The molecule has 1 saturated carbocycles. The molecule has 1 spiro atoms. The van der Waals surface area contributed by atoms with Crippen LogP contribution in [0.5, 0.6) is 0 Å². The summed E-state index contributed by atoms with van der Waals surface area (Å²) in [5.41, 5.74) is 3.39. The summed E-state index contributed by atoms with van der Waals surface area (Å²) in [7, 11) is 0. The van der Waals surface area contributed by atoms with E-state index in [0.717, 1.165) is 49.0 Å². The number of ether oxygens (including phenoxy) is 1. The number of hydrogen-bond donors (Lipinski definition) is 0. The fourth-order valence-electron chi connectivity index (χ4n) is 4.12. The van der Waals surface area contributed by atoms with Crippen LogP contribution < -0.4 is 0 Å². The van der Waals surface area contributed by atoms with Gasteiger partial charge in [-0.3, -0.25) is 4.98 Å². The van der Waals surface area contributed by atoms with Crippen molar-refractivity contribution >= 4 is 0 Å². The third kappa shape index (κ3) is 2.52. The molecule has 3 aliphatic rings. The van der Waals surface area contributed by atoms with E-state index in [2.05, 4.69) is 14.9 Å². The summed E-state index contributed by atoms with van der Waals surface area (Å²) in [5.74, 6) is 1.71. The van der Waals surface area contributed by atoms with Gasteiger partial charge in [0, 0.05) is 42.8 Å². The van der Waals surface area contributed by atoms with Crippen molar-refractivity contribution in [2.75, 3.05) is 26.2 Å². The predicted octanol–water partition coefficient (Wildman–Crippen LogP) is 2.42. The van der Waals surface area contributed by atoms with Crippen LogP contribution in [0.1, 0.15) is 30.5 Å². The molecule has 2 aromatic rings. The zero-order chi connectivity index (χ0) is 16.0. The summed E-state index contributed by atoms with van der Waals surface area (Å²) in [6.07, 6.45) is 9.52. The standard InChI is InChI=1S/C19H22N4O/c1-2-15(8-20-6-1)18-21-9-16-11-24-13-19(17(16)22-18)5-7-23(12-19)10-14-3-4-14/h1-2,6,8-9,14H,3-5,7,10-13H2/t19-/m1/s1. The number of rotatable bonds is 3. The van der Waals surface area contributed by atoms with Crippen molar-refractivity contribution in [2.24, 2.45) is 5.92 Å². The van der Waals surface area contributed by atoms with Gasteiger partial charge in [0.2, 0.25) is 0 Å². The highest BCUT2D eigenvalue weighted by Gasteiger charge is 2.45. The zero-order valence-electron chi connectivity index (χ0n) is 13.8. The topological polar surface area (TPSA) is 51.1 Å². The van der Waals surface area contributed by atoms with Gasteiger partial charge in [-0.1, -0.05) is 0 Å². The molecule has 1 saturated heterocycles. The van der Waals surface area contributed by atoms with Gasteiger partial charge in [-0.15, -0.1) is 0 Å². The van der Waals surface area contributed by atoms with Crippen LogP contribution in [0.2, 0.25) is 0 Å². The largest absolute Gasteiger partial charge is 0.376 e. The first-order valence-electron chi connectivity index (χ1n) is 8.89. The molecular formula is C19H22N4O. The second-order valence-corrected chi connectivity index (χ2v) is 7.51. The molecule has 2 aromatic heterocycles. The Labute approximate surface area is 142 Å². The quantitative estimate of drug-likeness (QED) is 0.868. The Hall–Kier alpha value is -1.85. The van der Waals surface area contributed by atoms with Gasteiger partial charge in [-0.05, 0) is 43.9 Å². The van der Waals surface area contributed by atoms with Crippen LogP contribution in [0.4, 0.5) is 0 Å². The van der Waals surface area contributed by atoms with E-state index >= 15 is 0 Å². The lowest BCUT2D eigenvalue weighted by Crippen LogP contribution is -2.40. The SMILES string of the molecule is c1cncc(-c2ncc3c(n2)[C@@]2(CCN(CC4CC4)C2)COC3)c1. The third-order valence-corrected chi connectivity index (χ3v) is 5.57. The minimum atomic E-state index is 0.0440. The highest BCUT2D eigenvalue weighted by molar-refractivity contribution is 5.54. The highest BCUT2D eigenvalue weighted by Crippen LogP contribution is 2.41. The van der Waals surface area contributed by atoms with E-state index in [-0.39, 0.29) is 5.41 Å². The molecule has 2 fully saturated rings. The van der Waals surface area contributed by atoms with Gasteiger partial charge in [-0.2, -0.15) is 0 Å². The van der Waals surface area contributed by atoms with Crippen molar-refractivity contribution in [1.29, 1.82) is 0 Å². The van der Waals surface area contributed by atoms with Crippen molar-refractivity contribution < 1.29 is 4.74 Å². The number of nitrogens with zero attached hydrogens (tertiary/aromatic N) is 4. The number of fused-ring (bicyclic) bond motifs is 2. The first-order valence-corrected chi connectivity index (χ1v) is 8.89. The molecule has 2 aliphatic heterocycles. The van der Waals surface area contributed by atoms with Crippen molar-refractivity contribution in [3.8, 4) is 11.4 Å². The fraction of sp³-hybridized carbons (Fsp3) is 0.526. The lowest BCUT2D eigenvalue weighted by molar-refractivity contribution is 0.0504. The Kier molecular flexibility index (Phi) is 3.38. The van der Waals surface area contributed by atoms with Gasteiger partial charge >= 0.3 is 0 Å². The first kappa shape index (κ1) is 14.5. The van der Waals surface area contributed by atoms with Crippen LogP contribution in [-0.2, 0) is 16.8 Å². The van der Waals surface area contributed by atoms with E-state index < -0.39 is 0 Å². The summed E-state index contributed by atoms with van der Waals surface area (Å²) in [4.78, 5) is 16.4. The summed E-state index contributed by atoms with van der Waals surface area (Å²) in [5, 5.41) is 0. The molecule has 5 nitrogen and oxygen atoms in total. The molecule has 0 radical (unpaired) electrons. The smallest absolute Gasteiger partial charge is 0.160 e. The van der Waals surface area contributed by atoms with Gasteiger partial charge in [0.05, 0.1) is 24.3 Å². The average Bonchev–Trinajstić information content (AvgIpc) is 3.36. The summed E-state index contributed by atoms with van der Waals surface area (Å²) < 4.78 is 5.93. The van der Waals surface area contributed by atoms with Gasteiger partial charge in [0.25, 0.3) is 0 Å². The molecule has 0 aromatic carbocycles. The van der Waals surface area contributed by atoms with Crippen LogP contribution >= 0.6 is 0 Å². The van der Waals surface area contributed by atoms with Gasteiger partial charge in [-0.25, -0.2) is 9.97 Å². The molecule has 1 atom stereocenters.